The van der Waals surface area contributed by atoms with Crippen molar-refractivity contribution in [3.63, 3.8) is 0 Å². The number of aromatic nitrogens is 1. The van der Waals surface area contributed by atoms with Crippen molar-refractivity contribution in [1.29, 1.82) is 0 Å². The van der Waals surface area contributed by atoms with Gasteiger partial charge in [0.25, 0.3) is 0 Å². The second-order valence-electron chi connectivity index (χ2n) is 8.99. The maximum Gasteiger partial charge on any atom is 0.0975 e. The molecule has 0 spiro atoms. The van der Waals surface area contributed by atoms with Crippen molar-refractivity contribution in [2.24, 2.45) is 11.3 Å². The van der Waals surface area contributed by atoms with E-state index in [0.29, 0.717) is 17.4 Å². The SMILES string of the molecule is C[C@H]1CC[C@H](c2ccc3sc(C4CCN(C)CC4(C)C)nc3c2)NC1. The van der Waals surface area contributed by atoms with Crippen molar-refractivity contribution >= 4 is 21.6 Å². The molecule has 1 aromatic carbocycles. The monoisotopic (exact) mass is 357 g/mol. The van der Waals surface area contributed by atoms with Crippen LogP contribution in [0.4, 0.5) is 0 Å². The Morgan fingerprint density at radius 1 is 1.24 bits per heavy atom. The van der Waals surface area contributed by atoms with E-state index in [0.717, 1.165) is 19.0 Å². The number of hydrogen-bond acceptors (Lipinski definition) is 4. The van der Waals surface area contributed by atoms with Gasteiger partial charge in [-0.2, -0.15) is 0 Å². The maximum atomic E-state index is 5.10. The van der Waals surface area contributed by atoms with E-state index in [1.54, 1.807) is 0 Å². The fraction of sp³-hybridized carbons (Fsp3) is 0.667. The third-order valence-corrected chi connectivity index (χ3v) is 7.36. The Bertz CT molecular complexity index is 743. The first kappa shape index (κ1) is 17.4. The molecule has 0 radical (unpaired) electrons. The Kier molecular flexibility index (Phi) is 4.63. The third-order valence-electron chi connectivity index (χ3n) is 6.21. The highest BCUT2D eigenvalue weighted by Gasteiger charge is 2.37. The summed E-state index contributed by atoms with van der Waals surface area (Å²) in [6.45, 7) is 10.6. The molecule has 2 fully saturated rings. The lowest BCUT2D eigenvalue weighted by Gasteiger charge is -2.42. The molecule has 4 rings (SSSR count). The van der Waals surface area contributed by atoms with Crippen molar-refractivity contribution in [3.8, 4) is 0 Å². The third kappa shape index (κ3) is 3.49. The number of fused-ring (bicyclic) bond motifs is 1. The van der Waals surface area contributed by atoms with Gasteiger partial charge in [0.15, 0.2) is 0 Å². The van der Waals surface area contributed by atoms with Gasteiger partial charge < -0.3 is 10.2 Å². The molecular formula is C21H31N3S. The number of nitrogens with zero attached hydrogens (tertiary/aromatic N) is 2. The van der Waals surface area contributed by atoms with Gasteiger partial charge >= 0.3 is 0 Å². The zero-order valence-electron chi connectivity index (χ0n) is 16.0. The van der Waals surface area contributed by atoms with Gasteiger partial charge in [-0.25, -0.2) is 4.98 Å². The van der Waals surface area contributed by atoms with E-state index in [4.69, 9.17) is 4.98 Å². The summed E-state index contributed by atoms with van der Waals surface area (Å²) in [5.74, 6) is 1.38. The molecule has 1 unspecified atom stereocenters. The zero-order valence-corrected chi connectivity index (χ0v) is 16.8. The molecule has 4 heteroatoms. The molecule has 2 saturated heterocycles. The van der Waals surface area contributed by atoms with Crippen LogP contribution in [0.3, 0.4) is 0 Å². The van der Waals surface area contributed by atoms with E-state index in [2.05, 4.69) is 56.2 Å². The first-order valence-electron chi connectivity index (χ1n) is 9.75. The minimum atomic E-state index is 0.296. The minimum absolute atomic E-state index is 0.296. The molecule has 0 amide bonds. The summed E-state index contributed by atoms with van der Waals surface area (Å²) in [5.41, 5.74) is 2.91. The lowest BCUT2D eigenvalue weighted by atomic mass is 9.74. The van der Waals surface area contributed by atoms with E-state index in [1.807, 2.05) is 11.3 Å². The lowest BCUT2D eigenvalue weighted by Crippen LogP contribution is -2.42. The summed E-state index contributed by atoms with van der Waals surface area (Å²) in [7, 11) is 2.24. The van der Waals surface area contributed by atoms with Crippen LogP contribution in [0.2, 0.25) is 0 Å². The van der Waals surface area contributed by atoms with Crippen molar-refractivity contribution in [1.82, 2.24) is 15.2 Å². The van der Waals surface area contributed by atoms with E-state index in [-0.39, 0.29) is 0 Å². The maximum absolute atomic E-state index is 5.10. The molecule has 0 bridgehead atoms. The Labute approximate surface area is 155 Å². The van der Waals surface area contributed by atoms with Gasteiger partial charge in [0.2, 0.25) is 0 Å². The largest absolute Gasteiger partial charge is 0.310 e. The van der Waals surface area contributed by atoms with Gasteiger partial charge in [-0.3, -0.25) is 0 Å². The summed E-state index contributed by atoms with van der Waals surface area (Å²) in [6, 6.07) is 7.46. The first-order valence-corrected chi connectivity index (χ1v) is 10.6. The number of nitrogens with one attached hydrogen (secondary N) is 1. The molecule has 3 atom stereocenters. The van der Waals surface area contributed by atoms with Gasteiger partial charge in [0.1, 0.15) is 0 Å². The number of hydrogen-bond donors (Lipinski definition) is 1. The lowest BCUT2D eigenvalue weighted by molar-refractivity contribution is 0.114. The second-order valence-corrected chi connectivity index (χ2v) is 10.1. The molecule has 0 saturated carbocycles. The van der Waals surface area contributed by atoms with Crippen LogP contribution in [0.1, 0.15) is 62.6 Å². The van der Waals surface area contributed by atoms with Crippen LogP contribution in [0.25, 0.3) is 10.2 Å². The molecule has 1 aromatic heterocycles. The fourth-order valence-electron chi connectivity index (χ4n) is 4.69. The Morgan fingerprint density at radius 3 is 2.80 bits per heavy atom. The minimum Gasteiger partial charge on any atom is -0.310 e. The number of rotatable bonds is 2. The highest BCUT2D eigenvalue weighted by atomic mass is 32.1. The molecule has 2 aliphatic heterocycles. The summed E-state index contributed by atoms with van der Waals surface area (Å²) < 4.78 is 1.35. The smallest absolute Gasteiger partial charge is 0.0975 e. The first-order chi connectivity index (χ1) is 11.9. The molecule has 3 nitrogen and oxygen atoms in total. The summed E-state index contributed by atoms with van der Waals surface area (Å²) >= 11 is 1.91. The number of piperidine rings is 2. The Morgan fingerprint density at radius 2 is 2.08 bits per heavy atom. The highest BCUT2D eigenvalue weighted by Crippen LogP contribution is 2.44. The fourth-order valence-corrected chi connectivity index (χ4v) is 5.99. The van der Waals surface area contributed by atoms with E-state index in [1.165, 1.54) is 46.6 Å². The van der Waals surface area contributed by atoms with Gasteiger partial charge in [0.05, 0.1) is 15.2 Å². The number of thiazole rings is 1. The van der Waals surface area contributed by atoms with Crippen molar-refractivity contribution < 1.29 is 0 Å². The zero-order chi connectivity index (χ0) is 17.6. The van der Waals surface area contributed by atoms with E-state index >= 15 is 0 Å². The second kappa shape index (κ2) is 6.64. The van der Waals surface area contributed by atoms with Crippen molar-refractivity contribution in [2.75, 3.05) is 26.7 Å². The molecule has 2 aliphatic rings. The standard InChI is InChI=1S/C21H31N3S/c1-14-5-7-17(22-12-14)15-6-8-19-18(11-15)23-20(25-19)16-9-10-24(4)13-21(16,2)3/h6,8,11,14,16-17,22H,5,7,9-10,12-13H2,1-4H3/t14-,16?,17+/m0/s1. The molecule has 1 N–H and O–H groups in total. The average molecular weight is 358 g/mol. The summed E-state index contributed by atoms with van der Waals surface area (Å²) in [5, 5.41) is 5.05. The van der Waals surface area contributed by atoms with Crippen LogP contribution in [0.5, 0.6) is 0 Å². The number of benzene rings is 1. The Balaban J connectivity index is 1.60. The van der Waals surface area contributed by atoms with Crippen molar-refractivity contribution in [3.05, 3.63) is 28.8 Å². The number of likely N-dealkylation sites (tertiary alicyclic amines) is 1. The van der Waals surface area contributed by atoms with Crippen LogP contribution in [0, 0.1) is 11.3 Å². The van der Waals surface area contributed by atoms with Crippen LogP contribution >= 0.6 is 11.3 Å². The van der Waals surface area contributed by atoms with Crippen LogP contribution in [0.15, 0.2) is 18.2 Å². The van der Waals surface area contributed by atoms with Crippen LogP contribution in [-0.4, -0.2) is 36.6 Å². The van der Waals surface area contributed by atoms with E-state index in [9.17, 15) is 0 Å². The topological polar surface area (TPSA) is 28.2 Å². The quantitative estimate of drug-likeness (QED) is 0.836. The van der Waals surface area contributed by atoms with Crippen LogP contribution in [-0.2, 0) is 0 Å². The predicted molar refractivity (Wildman–Crippen MR) is 107 cm³/mol. The highest BCUT2D eigenvalue weighted by molar-refractivity contribution is 7.18. The van der Waals surface area contributed by atoms with Gasteiger partial charge in [-0.1, -0.05) is 26.8 Å². The summed E-state index contributed by atoms with van der Waals surface area (Å²) in [4.78, 5) is 7.56. The molecule has 2 aromatic rings. The van der Waals surface area contributed by atoms with Crippen LogP contribution < -0.4 is 5.32 Å². The van der Waals surface area contributed by atoms with E-state index < -0.39 is 0 Å². The Hall–Kier alpha value is -0.970. The molecule has 0 aliphatic carbocycles. The molecular weight excluding hydrogens is 326 g/mol. The summed E-state index contributed by atoms with van der Waals surface area (Å²) in [6.07, 6.45) is 3.78. The molecule has 136 valence electrons. The molecule has 3 heterocycles. The average Bonchev–Trinajstić information content (AvgIpc) is 2.97. The molecule has 25 heavy (non-hydrogen) atoms. The van der Waals surface area contributed by atoms with Gasteiger partial charge in [0, 0.05) is 18.5 Å². The van der Waals surface area contributed by atoms with Gasteiger partial charge in [-0.15, -0.1) is 11.3 Å². The van der Waals surface area contributed by atoms with Gasteiger partial charge in [-0.05, 0) is 68.4 Å². The van der Waals surface area contributed by atoms with Crippen molar-refractivity contribution in [2.45, 2.75) is 52.0 Å². The normalized spacial score (nSPS) is 30.6. The predicted octanol–water partition coefficient (Wildman–Crippen LogP) is 4.80.